The first-order chi connectivity index (χ1) is 11.2. The molecule has 2 aromatic carbocycles. The lowest BCUT2D eigenvalue weighted by Crippen LogP contribution is -2.30. The van der Waals surface area contributed by atoms with Crippen molar-refractivity contribution < 1.29 is 4.39 Å². The lowest BCUT2D eigenvalue weighted by molar-refractivity contribution is 0.116. The van der Waals surface area contributed by atoms with Crippen LogP contribution >= 0.6 is 0 Å². The molecule has 0 aliphatic heterocycles. The summed E-state index contributed by atoms with van der Waals surface area (Å²) in [7, 11) is 0. The van der Waals surface area contributed by atoms with Gasteiger partial charge in [0.05, 0.1) is 0 Å². The molecule has 4 unspecified atom stereocenters. The molecule has 2 aliphatic carbocycles. The van der Waals surface area contributed by atoms with Crippen molar-refractivity contribution in [3.63, 3.8) is 0 Å². The van der Waals surface area contributed by atoms with E-state index in [1.165, 1.54) is 55.9 Å². The van der Waals surface area contributed by atoms with Gasteiger partial charge in [-0.2, -0.15) is 0 Å². The standard InChI is InChI=1S/C22H27F/c1-2-15-3-4-17-12-18(6-5-16(17)11-15)19-7-8-21-14-22(23)10-9-20(21)13-19/h7-10,13-18H,2-6,11-12H2,1H3. The predicted octanol–water partition coefficient (Wildman–Crippen LogP) is 6.69. The fourth-order valence-electron chi connectivity index (χ4n) is 5.15. The van der Waals surface area contributed by atoms with Crippen LogP contribution in [0.4, 0.5) is 4.39 Å². The second-order valence-corrected chi connectivity index (χ2v) is 7.87. The van der Waals surface area contributed by atoms with Gasteiger partial charge in [0, 0.05) is 0 Å². The van der Waals surface area contributed by atoms with E-state index in [0.717, 1.165) is 23.1 Å². The molecule has 0 heterocycles. The predicted molar refractivity (Wildman–Crippen MR) is 95.1 cm³/mol. The van der Waals surface area contributed by atoms with Crippen LogP contribution in [-0.2, 0) is 0 Å². The third kappa shape index (κ3) is 3.03. The van der Waals surface area contributed by atoms with Crippen molar-refractivity contribution in [2.75, 3.05) is 0 Å². The van der Waals surface area contributed by atoms with Gasteiger partial charge in [0.15, 0.2) is 0 Å². The zero-order chi connectivity index (χ0) is 15.8. The van der Waals surface area contributed by atoms with E-state index in [2.05, 4.69) is 25.1 Å². The Kier molecular flexibility index (Phi) is 4.13. The van der Waals surface area contributed by atoms with Crippen LogP contribution in [0.1, 0.15) is 63.4 Å². The van der Waals surface area contributed by atoms with Crippen molar-refractivity contribution >= 4 is 10.8 Å². The monoisotopic (exact) mass is 310 g/mol. The van der Waals surface area contributed by atoms with E-state index in [9.17, 15) is 4.39 Å². The molecule has 1 heteroatoms. The second kappa shape index (κ2) is 6.26. The smallest absolute Gasteiger partial charge is 0.123 e. The first kappa shape index (κ1) is 15.2. The average Bonchev–Trinajstić information content (AvgIpc) is 2.60. The molecule has 0 aromatic heterocycles. The SMILES string of the molecule is CCC1CCC2CC(c3ccc4cc(F)ccc4c3)CCC2C1. The van der Waals surface area contributed by atoms with Crippen LogP contribution in [0.2, 0.25) is 0 Å². The maximum absolute atomic E-state index is 13.3. The van der Waals surface area contributed by atoms with Crippen LogP contribution in [-0.4, -0.2) is 0 Å². The lowest BCUT2D eigenvalue weighted by Gasteiger charge is -2.42. The van der Waals surface area contributed by atoms with Gasteiger partial charge in [-0.05, 0) is 84.2 Å². The molecule has 0 bridgehead atoms. The number of benzene rings is 2. The highest BCUT2D eigenvalue weighted by Crippen LogP contribution is 2.48. The molecule has 0 N–H and O–H groups in total. The minimum absolute atomic E-state index is 0.140. The Balaban J connectivity index is 1.52. The van der Waals surface area contributed by atoms with E-state index in [1.54, 1.807) is 12.1 Å². The molecule has 0 radical (unpaired) electrons. The van der Waals surface area contributed by atoms with Gasteiger partial charge in [-0.1, -0.05) is 44.0 Å². The third-order valence-corrected chi connectivity index (χ3v) is 6.60. The highest BCUT2D eigenvalue weighted by molar-refractivity contribution is 5.83. The van der Waals surface area contributed by atoms with Crippen LogP contribution in [0, 0.1) is 23.6 Å². The topological polar surface area (TPSA) is 0 Å². The Morgan fingerprint density at radius 1 is 0.870 bits per heavy atom. The van der Waals surface area contributed by atoms with Gasteiger partial charge >= 0.3 is 0 Å². The third-order valence-electron chi connectivity index (χ3n) is 6.60. The van der Waals surface area contributed by atoms with Crippen molar-refractivity contribution in [1.29, 1.82) is 0 Å². The van der Waals surface area contributed by atoms with Gasteiger partial charge in [0.25, 0.3) is 0 Å². The summed E-state index contributed by atoms with van der Waals surface area (Å²) in [5.74, 6) is 3.49. The second-order valence-electron chi connectivity index (χ2n) is 7.87. The lowest BCUT2D eigenvalue weighted by atomic mass is 9.63. The molecule has 2 saturated carbocycles. The molecule has 23 heavy (non-hydrogen) atoms. The molecule has 0 saturated heterocycles. The van der Waals surface area contributed by atoms with E-state index in [-0.39, 0.29) is 5.82 Å². The Morgan fingerprint density at radius 2 is 1.61 bits per heavy atom. The van der Waals surface area contributed by atoms with Crippen LogP contribution in [0.25, 0.3) is 10.8 Å². The minimum Gasteiger partial charge on any atom is -0.207 e. The van der Waals surface area contributed by atoms with Crippen molar-refractivity contribution in [2.45, 2.75) is 57.8 Å². The quantitative estimate of drug-likeness (QED) is 0.579. The molecule has 122 valence electrons. The maximum atomic E-state index is 13.3. The molecule has 4 rings (SSSR count). The number of hydrogen-bond donors (Lipinski definition) is 0. The van der Waals surface area contributed by atoms with Crippen LogP contribution in [0.5, 0.6) is 0 Å². The zero-order valence-electron chi connectivity index (χ0n) is 14.1. The van der Waals surface area contributed by atoms with Crippen molar-refractivity contribution in [3.8, 4) is 0 Å². The van der Waals surface area contributed by atoms with E-state index >= 15 is 0 Å². The Bertz CT molecular complexity index is 689. The summed E-state index contributed by atoms with van der Waals surface area (Å²) < 4.78 is 13.3. The molecule has 0 spiro atoms. The summed E-state index contributed by atoms with van der Waals surface area (Å²) in [5, 5.41) is 2.20. The van der Waals surface area contributed by atoms with Gasteiger partial charge in [-0.25, -0.2) is 4.39 Å². The summed E-state index contributed by atoms with van der Waals surface area (Å²) in [6.45, 7) is 2.36. The van der Waals surface area contributed by atoms with Crippen molar-refractivity contribution in [1.82, 2.24) is 0 Å². The fourth-order valence-corrected chi connectivity index (χ4v) is 5.15. The van der Waals surface area contributed by atoms with Crippen LogP contribution in [0.3, 0.4) is 0 Å². The van der Waals surface area contributed by atoms with Crippen molar-refractivity contribution in [2.24, 2.45) is 17.8 Å². The first-order valence-electron chi connectivity index (χ1n) is 9.42. The number of hydrogen-bond acceptors (Lipinski definition) is 0. The summed E-state index contributed by atoms with van der Waals surface area (Å²) in [5.41, 5.74) is 1.47. The normalized spacial score (nSPS) is 31.0. The summed E-state index contributed by atoms with van der Waals surface area (Å²) in [4.78, 5) is 0. The molecule has 2 aliphatic rings. The molecular weight excluding hydrogens is 283 g/mol. The van der Waals surface area contributed by atoms with Crippen molar-refractivity contribution in [3.05, 3.63) is 47.8 Å². The Labute approximate surface area is 139 Å². The molecule has 4 atom stereocenters. The van der Waals surface area contributed by atoms with Gasteiger partial charge in [-0.15, -0.1) is 0 Å². The zero-order valence-corrected chi connectivity index (χ0v) is 14.1. The maximum Gasteiger partial charge on any atom is 0.123 e. The molecule has 2 aromatic rings. The van der Waals surface area contributed by atoms with E-state index in [4.69, 9.17) is 0 Å². The molecule has 0 amide bonds. The number of halogens is 1. The van der Waals surface area contributed by atoms with E-state index < -0.39 is 0 Å². The van der Waals surface area contributed by atoms with Gasteiger partial charge in [0.2, 0.25) is 0 Å². The number of fused-ring (bicyclic) bond motifs is 2. The minimum atomic E-state index is -0.140. The van der Waals surface area contributed by atoms with Gasteiger partial charge < -0.3 is 0 Å². The Morgan fingerprint density at radius 3 is 2.48 bits per heavy atom. The highest BCUT2D eigenvalue weighted by atomic mass is 19.1. The molecular formula is C22H27F. The summed E-state index contributed by atoms with van der Waals surface area (Å²) in [6.07, 6.45) is 9.85. The van der Waals surface area contributed by atoms with Crippen LogP contribution < -0.4 is 0 Å². The molecule has 2 fully saturated rings. The van der Waals surface area contributed by atoms with Gasteiger partial charge in [0.1, 0.15) is 5.82 Å². The summed E-state index contributed by atoms with van der Waals surface area (Å²) in [6, 6.07) is 11.8. The fraction of sp³-hybridized carbons (Fsp3) is 0.545. The van der Waals surface area contributed by atoms with Crippen LogP contribution in [0.15, 0.2) is 36.4 Å². The highest BCUT2D eigenvalue weighted by Gasteiger charge is 2.35. The largest absolute Gasteiger partial charge is 0.207 e. The number of rotatable bonds is 2. The first-order valence-corrected chi connectivity index (χ1v) is 9.42. The van der Waals surface area contributed by atoms with E-state index in [1.807, 2.05) is 6.07 Å². The average molecular weight is 310 g/mol. The van der Waals surface area contributed by atoms with E-state index in [0.29, 0.717) is 5.92 Å². The summed E-state index contributed by atoms with van der Waals surface area (Å²) >= 11 is 0. The molecule has 0 nitrogen and oxygen atoms in total. The Hall–Kier alpha value is -1.37. The van der Waals surface area contributed by atoms with Gasteiger partial charge in [-0.3, -0.25) is 0 Å².